The van der Waals surface area contributed by atoms with Gasteiger partial charge in [0.1, 0.15) is 0 Å². The summed E-state index contributed by atoms with van der Waals surface area (Å²) in [5, 5.41) is 3.58. The molecule has 1 rings (SSSR count). The van der Waals surface area contributed by atoms with Crippen molar-refractivity contribution in [3.63, 3.8) is 0 Å². The monoisotopic (exact) mass is 185 g/mol. The second-order valence-corrected chi connectivity index (χ2v) is 3.93. The first-order valence-electron chi connectivity index (χ1n) is 5.69. The Morgan fingerprint density at radius 1 is 1.46 bits per heavy atom. The van der Waals surface area contributed by atoms with E-state index in [9.17, 15) is 0 Å². The van der Waals surface area contributed by atoms with Crippen LogP contribution < -0.4 is 5.32 Å². The Labute approximate surface area is 82.0 Å². The molecule has 78 valence electrons. The topological polar surface area (TPSA) is 21.3 Å². The second-order valence-electron chi connectivity index (χ2n) is 3.93. The van der Waals surface area contributed by atoms with Gasteiger partial charge in [0.05, 0.1) is 6.61 Å². The molecule has 1 saturated heterocycles. The molecule has 0 aliphatic carbocycles. The third-order valence-corrected chi connectivity index (χ3v) is 2.87. The Bertz CT molecular complexity index is 121. The average Bonchev–Trinajstić information content (AvgIpc) is 2.65. The van der Waals surface area contributed by atoms with Gasteiger partial charge < -0.3 is 10.1 Å². The lowest BCUT2D eigenvalue weighted by Crippen LogP contribution is -2.36. The number of hydrogen-bond acceptors (Lipinski definition) is 2. The third-order valence-electron chi connectivity index (χ3n) is 2.87. The zero-order valence-corrected chi connectivity index (χ0v) is 9.01. The quantitative estimate of drug-likeness (QED) is 0.685. The lowest BCUT2D eigenvalue weighted by atomic mass is 9.94. The van der Waals surface area contributed by atoms with Crippen molar-refractivity contribution >= 4 is 0 Å². The van der Waals surface area contributed by atoms with Gasteiger partial charge in [-0.05, 0) is 25.3 Å². The molecule has 1 aliphatic rings. The molecule has 0 saturated carbocycles. The summed E-state index contributed by atoms with van der Waals surface area (Å²) in [6, 6.07) is 0.701. The molecule has 0 bridgehead atoms. The van der Waals surface area contributed by atoms with Crippen molar-refractivity contribution in [2.45, 2.75) is 45.6 Å². The Balaban J connectivity index is 2.26. The zero-order valence-electron chi connectivity index (χ0n) is 9.01. The van der Waals surface area contributed by atoms with Crippen LogP contribution in [0, 0.1) is 5.92 Å². The third kappa shape index (κ3) is 3.65. The molecule has 2 heteroatoms. The normalized spacial score (nSPS) is 24.9. The molecule has 0 amide bonds. The van der Waals surface area contributed by atoms with Crippen LogP contribution in [0.3, 0.4) is 0 Å². The van der Waals surface area contributed by atoms with Gasteiger partial charge >= 0.3 is 0 Å². The van der Waals surface area contributed by atoms with E-state index < -0.39 is 0 Å². The molecule has 1 fully saturated rings. The maximum atomic E-state index is 5.42. The van der Waals surface area contributed by atoms with Crippen molar-refractivity contribution in [3.05, 3.63) is 0 Å². The number of nitrogens with one attached hydrogen (secondary N) is 1. The Morgan fingerprint density at radius 3 is 2.85 bits per heavy atom. The van der Waals surface area contributed by atoms with Crippen molar-refractivity contribution in [1.29, 1.82) is 0 Å². The van der Waals surface area contributed by atoms with Crippen molar-refractivity contribution in [1.82, 2.24) is 5.32 Å². The molecule has 13 heavy (non-hydrogen) atoms. The summed E-state index contributed by atoms with van der Waals surface area (Å²) < 4.78 is 5.42. The molecule has 0 aromatic heterocycles. The van der Waals surface area contributed by atoms with Crippen LogP contribution in [-0.4, -0.2) is 25.8 Å². The fraction of sp³-hybridized carbons (Fsp3) is 1.00. The number of rotatable bonds is 6. The first kappa shape index (κ1) is 11.0. The SMILES string of the molecule is CCCCC(NCC)C1CCOC1. The first-order valence-corrected chi connectivity index (χ1v) is 5.69. The Morgan fingerprint density at radius 2 is 2.31 bits per heavy atom. The van der Waals surface area contributed by atoms with E-state index in [1.165, 1.54) is 25.7 Å². The highest BCUT2D eigenvalue weighted by Gasteiger charge is 2.24. The Kier molecular flexibility index (Phi) is 5.40. The lowest BCUT2D eigenvalue weighted by Gasteiger charge is -2.22. The van der Waals surface area contributed by atoms with E-state index in [1.807, 2.05) is 0 Å². The van der Waals surface area contributed by atoms with Crippen LogP contribution in [0.15, 0.2) is 0 Å². The molecular formula is C11H23NO. The maximum absolute atomic E-state index is 5.42. The molecular weight excluding hydrogens is 162 g/mol. The van der Waals surface area contributed by atoms with Gasteiger partial charge in [0.15, 0.2) is 0 Å². The van der Waals surface area contributed by atoms with Crippen LogP contribution in [0.5, 0.6) is 0 Å². The number of unbranched alkanes of at least 4 members (excludes halogenated alkanes) is 1. The van der Waals surface area contributed by atoms with E-state index in [4.69, 9.17) is 4.74 Å². The predicted molar refractivity (Wildman–Crippen MR) is 55.9 cm³/mol. The van der Waals surface area contributed by atoms with Crippen molar-refractivity contribution < 1.29 is 4.74 Å². The summed E-state index contributed by atoms with van der Waals surface area (Å²) in [6.07, 6.45) is 5.21. The van der Waals surface area contributed by atoms with E-state index in [0.717, 1.165) is 25.7 Å². The van der Waals surface area contributed by atoms with Crippen LogP contribution in [-0.2, 0) is 4.74 Å². The highest BCUT2D eigenvalue weighted by Crippen LogP contribution is 2.20. The smallest absolute Gasteiger partial charge is 0.0510 e. The highest BCUT2D eigenvalue weighted by molar-refractivity contribution is 4.78. The summed E-state index contributed by atoms with van der Waals surface area (Å²) in [5.41, 5.74) is 0. The van der Waals surface area contributed by atoms with Crippen molar-refractivity contribution in [2.75, 3.05) is 19.8 Å². The van der Waals surface area contributed by atoms with E-state index in [0.29, 0.717) is 6.04 Å². The summed E-state index contributed by atoms with van der Waals surface area (Å²) >= 11 is 0. The van der Waals surface area contributed by atoms with E-state index >= 15 is 0 Å². The van der Waals surface area contributed by atoms with Gasteiger partial charge in [-0.1, -0.05) is 26.7 Å². The van der Waals surface area contributed by atoms with Gasteiger partial charge in [-0.25, -0.2) is 0 Å². The molecule has 1 aliphatic heterocycles. The van der Waals surface area contributed by atoms with Crippen molar-refractivity contribution in [2.24, 2.45) is 5.92 Å². The minimum atomic E-state index is 0.701. The fourth-order valence-electron chi connectivity index (χ4n) is 2.06. The Hall–Kier alpha value is -0.0800. The number of ether oxygens (including phenoxy) is 1. The lowest BCUT2D eigenvalue weighted by molar-refractivity contribution is 0.175. The van der Waals surface area contributed by atoms with Gasteiger partial charge in [0, 0.05) is 12.6 Å². The molecule has 2 unspecified atom stereocenters. The summed E-state index contributed by atoms with van der Waals surface area (Å²) in [6.45, 7) is 7.48. The molecule has 1 heterocycles. The molecule has 0 spiro atoms. The zero-order chi connectivity index (χ0) is 9.52. The molecule has 2 atom stereocenters. The fourth-order valence-corrected chi connectivity index (χ4v) is 2.06. The van der Waals surface area contributed by atoms with Crippen LogP contribution in [0.1, 0.15) is 39.5 Å². The maximum Gasteiger partial charge on any atom is 0.0510 e. The van der Waals surface area contributed by atoms with Crippen LogP contribution >= 0.6 is 0 Å². The van der Waals surface area contributed by atoms with Gasteiger partial charge in [0.2, 0.25) is 0 Å². The van der Waals surface area contributed by atoms with E-state index in [-0.39, 0.29) is 0 Å². The van der Waals surface area contributed by atoms with Crippen LogP contribution in [0.25, 0.3) is 0 Å². The molecule has 1 N–H and O–H groups in total. The molecule has 0 radical (unpaired) electrons. The molecule has 0 aromatic carbocycles. The second kappa shape index (κ2) is 6.39. The van der Waals surface area contributed by atoms with E-state index in [2.05, 4.69) is 19.2 Å². The minimum Gasteiger partial charge on any atom is -0.381 e. The molecule has 0 aromatic rings. The van der Waals surface area contributed by atoms with Gasteiger partial charge in [-0.2, -0.15) is 0 Å². The summed E-state index contributed by atoms with van der Waals surface area (Å²) in [7, 11) is 0. The average molecular weight is 185 g/mol. The van der Waals surface area contributed by atoms with Crippen molar-refractivity contribution in [3.8, 4) is 0 Å². The van der Waals surface area contributed by atoms with Gasteiger partial charge in [-0.15, -0.1) is 0 Å². The van der Waals surface area contributed by atoms with E-state index in [1.54, 1.807) is 0 Å². The molecule has 2 nitrogen and oxygen atoms in total. The van der Waals surface area contributed by atoms with Gasteiger partial charge in [0.25, 0.3) is 0 Å². The van der Waals surface area contributed by atoms with Crippen LogP contribution in [0.2, 0.25) is 0 Å². The minimum absolute atomic E-state index is 0.701. The largest absolute Gasteiger partial charge is 0.381 e. The van der Waals surface area contributed by atoms with Crippen LogP contribution in [0.4, 0.5) is 0 Å². The highest BCUT2D eigenvalue weighted by atomic mass is 16.5. The first-order chi connectivity index (χ1) is 6.38. The standard InChI is InChI=1S/C11H23NO/c1-3-5-6-11(12-4-2)10-7-8-13-9-10/h10-12H,3-9H2,1-2H3. The summed E-state index contributed by atoms with van der Waals surface area (Å²) in [5.74, 6) is 0.770. The predicted octanol–water partition coefficient (Wildman–Crippen LogP) is 2.19. The number of hydrogen-bond donors (Lipinski definition) is 1. The van der Waals surface area contributed by atoms with Gasteiger partial charge in [-0.3, -0.25) is 0 Å². The summed E-state index contributed by atoms with van der Waals surface area (Å²) in [4.78, 5) is 0.